The van der Waals surface area contributed by atoms with Gasteiger partial charge in [0.1, 0.15) is 5.75 Å². The fourth-order valence-corrected chi connectivity index (χ4v) is 1.46. The van der Waals surface area contributed by atoms with Crippen molar-refractivity contribution in [3.8, 4) is 5.75 Å². The number of ether oxygens (including phenoxy) is 1. The van der Waals surface area contributed by atoms with E-state index in [9.17, 15) is 4.79 Å². The van der Waals surface area contributed by atoms with Crippen molar-refractivity contribution in [1.82, 2.24) is 0 Å². The summed E-state index contributed by atoms with van der Waals surface area (Å²) in [6.07, 6.45) is 2.59. The van der Waals surface area contributed by atoms with Crippen LogP contribution < -0.4 is 4.74 Å². The maximum Gasteiger partial charge on any atom is 0.328 e. The van der Waals surface area contributed by atoms with Crippen LogP contribution in [0.5, 0.6) is 5.75 Å². The molecule has 0 heterocycles. The molecule has 0 aliphatic heterocycles. The fourth-order valence-electron chi connectivity index (χ4n) is 0.966. The minimum absolute atomic E-state index is 0.685. The van der Waals surface area contributed by atoms with Crippen molar-refractivity contribution in [2.75, 3.05) is 7.11 Å². The van der Waals surface area contributed by atoms with Gasteiger partial charge in [0, 0.05) is 10.5 Å². The van der Waals surface area contributed by atoms with Crippen LogP contribution in [-0.4, -0.2) is 18.2 Å². The van der Waals surface area contributed by atoms with Crippen LogP contribution in [-0.2, 0) is 4.79 Å². The Kier molecular flexibility index (Phi) is 3.71. The van der Waals surface area contributed by atoms with Crippen LogP contribution in [0.15, 0.2) is 28.7 Å². The molecule has 0 radical (unpaired) electrons. The van der Waals surface area contributed by atoms with Crippen molar-refractivity contribution in [3.05, 3.63) is 34.3 Å². The van der Waals surface area contributed by atoms with Crippen LogP contribution in [0.25, 0.3) is 6.08 Å². The predicted molar refractivity (Wildman–Crippen MR) is 57.4 cm³/mol. The van der Waals surface area contributed by atoms with E-state index in [1.54, 1.807) is 19.2 Å². The lowest BCUT2D eigenvalue weighted by atomic mass is 10.2. The lowest BCUT2D eigenvalue weighted by Crippen LogP contribution is -1.87. The molecule has 3 nitrogen and oxygen atoms in total. The first-order valence-corrected chi connectivity index (χ1v) is 4.66. The Morgan fingerprint density at radius 3 is 2.79 bits per heavy atom. The van der Waals surface area contributed by atoms with E-state index in [0.29, 0.717) is 5.75 Å². The molecule has 74 valence electrons. The van der Waals surface area contributed by atoms with Crippen LogP contribution in [0, 0.1) is 0 Å². The minimum Gasteiger partial charge on any atom is -0.497 e. The Bertz CT molecular complexity index is 372. The molecule has 14 heavy (non-hydrogen) atoms. The molecule has 0 atom stereocenters. The number of rotatable bonds is 3. The van der Waals surface area contributed by atoms with E-state index in [0.717, 1.165) is 16.1 Å². The van der Waals surface area contributed by atoms with E-state index in [2.05, 4.69) is 15.9 Å². The van der Waals surface area contributed by atoms with E-state index >= 15 is 0 Å². The van der Waals surface area contributed by atoms with Gasteiger partial charge >= 0.3 is 5.97 Å². The van der Waals surface area contributed by atoms with Gasteiger partial charge in [-0.1, -0.05) is 15.9 Å². The molecule has 0 fully saturated rings. The van der Waals surface area contributed by atoms with Crippen molar-refractivity contribution in [2.45, 2.75) is 0 Å². The highest BCUT2D eigenvalue weighted by molar-refractivity contribution is 9.10. The number of halogens is 1. The topological polar surface area (TPSA) is 46.5 Å². The van der Waals surface area contributed by atoms with Crippen LogP contribution in [0.4, 0.5) is 0 Å². The highest BCUT2D eigenvalue weighted by atomic mass is 79.9. The molecule has 0 bridgehead atoms. The molecule has 0 saturated carbocycles. The van der Waals surface area contributed by atoms with E-state index in [-0.39, 0.29) is 0 Å². The highest BCUT2D eigenvalue weighted by Crippen LogP contribution is 2.21. The molecule has 0 saturated heterocycles. The number of carbonyl (C=O) groups is 1. The normalized spacial score (nSPS) is 10.4. The second-order valence-electron chi connectivity index (χ2n) is 2.60. The lowest BCUT2D eigenvalue weighted by Gasteiger charge is -2.01. The van der Waals surface area contributed by atoms with Gasteiger partial charge < -0.3 is 9.84 Å². The zero-order valence-corrected chi connectivity index (χ0v) is 9.11. The first kappa shape index (κ1) is 10.8. The third kappa shape index (κ3) is 3.22. The molecule has 0 unspecified atom stereocenters. The van der Waals surface area contributed by atoms with E-state index in [4.69, 9.17) is 9.84 Å². The Hall–Kier alpha value is -1.29. The number of benzene rings is 1. The largest absolute Gasteiger partial charge is 0.497 e. The van der Waals surface area contributed by atoms with E-state index < -0.39 is 5.97 Å². The highest BCUT2D eigenvalue weighted by Gasteiger charge is 1.97. The summed E-state index contributed by atoms with van der Waals surface area (Å²) < 4.78 is 5.88. The van der Waals surface area contributed by atoms with Gasteiger partial charge in [-0.05, 0) is 29.8 Å². The zero-order valence-electron chi connectivity index (χ0n) is 7.53. The molecular weight excluding hydrogens is 248 g/mol. The minimum atomic E-state index is -0.969. The first-order chi connectivity index (χ1) is 6.61. The summed E-state index contributed by atoms with van der Waals surface area (Å²) in [4.78, 5) is 10.3. The third-order valence-corrected chi connectivity index (χ3v) is 2.01. The third-order valence-electron chi connectivity index (χ3n) is 1.55. The summed E-state index contributed by atoms with van der Waals surface area (Å²) in [6, 6.07) is 5.37. The second-order valence-corrected chi connectivity index (χ2v) is 3.51. The van der Waals surface area contributed by atoms with Crippen molar-refractivity contribution >= 4 is 28.0 Å². The van der Waals surface area contributed by atoms with Gasteiger partial charge in [0.05, 0.1) is 7.11 Å². The molecule has 1 aromatic carbocycles. The average molecular weight is 257 g/mol. The number of hydrogen-bond acceptors (Lipinski definition) is 2. The Balaban J connectivity index is 2.97. The number of aliphatic carboxylic acids is 1. The second kappa shape index (κ2) is 4.81. The van der Waals surface area contributed by atoms with Crippen molar-refractivity contribution in [3.63, 3.8) is 0 Å². The predicted octanol–water partition coefficient (Wildman–Crippen LogP) is 2.56. The molecule has 1 aromatic rings. The van der Waals surface area contributed by atoms with Gasteiger partial charge in [-0.25, -0.2) is 4.79 Å². The van der Waals surface area contributed by atoms with Gasteiger partial charge in [-0.3, -0.25) is 0 Å². The monoisotopic (exact) mass is 256 g/mol. The Morgan fingerprint density at radius 1 is 1.50 bits per heavy atom. The van der Waals surface area contributed by atoms with Crippen LogP contribution in [0.3, 0.4) is 0 Å². The quantitative estimate of drug-likeness (QED) is 0.846. The maximum absolute atomic E-state index is 10.3. The standard InChI is InChI=1S/C10H9BrO3/c1-14-9-5-7(2-3-10(12)13)4-8(11)6-9/h2-6H,1H3,(H,12,13). The molecule has 1 N–H and O–H groups in total. The lowest BCUT2D eigenvalue weighted by molar-refractivity contribution is -0.131. The Morgan fingerprint density at radius 2 is 2.21 bits per heavy atom. The molecule has 0 spiro atoms. The van der Waals surface area contributed by atoms with Gasteiger partial charge in [-0.15, -0.1) is 0 Å². The smallest absolute Gasteiger partial charge is 0.328 e. The van der Waals surface area contributed by atoms with E-state index in [1.807, 2.05) is 6.07 Å². The van der Waals surface area contributed by atoms with Gasteiger partial charge in [0.25, 0.3) is 0 Å². The van der Waals surface area contributed by atoms with Gasteiger partial charge in [0.2, 0.25) is 0 Å². The number of carboxylic acids is 1. The summed E-state index contributed by atoms with van der Waals surface area (Å²) in [6.45, 7) is 0. The SMILES string of the molecule is COc1cc(Br)cc(C=CC(=O)O)c1. The summed E-state index contributed by atoms with van der Waals surface area (Å²) in [5.41, 5.74) is 0.777. The van der Waals surface area contributed by atoms with Crippen LogP contribution in [0.1, 0.15) is 5.56 Å². The molecule has 1 rings (SSSR count). The van der Waals surface area contributed by atoms with Crippen molar-refractivity contribution < 1.29 is 14.6 Å². The summed E-state index contributed by atoms with van der Waals surface area (Å²) in [5, 5.41) is 8.44. The number of carboxylic acid groups (broad SMARTS) is 1. The van der Waals surface area contributed by atoms with E-state index in [1.165, 1.54) is 6.08 Å². The molecular formula is C10H9BrO3. The van der Waals surface area contributed by atoms with Crippen LogP contribution in [0.2, 0.25) is 0 Å². The first-order valence-electron chi connectivity index (χ1n) is 3.87. The zero-order chi connectivity index (χ0) is 10.6. The maximum atomic E-state index is 10.3. The fraction of sp³-hybridized carbons (Fsp3) is 0.100. The molecule has 4 heteroatoms. The summed E-state index contributed by atoms with van der Waals surface area (Å²) in [5.74, 6) is -0.284. The average Bonchev–Trinajstić information content (AvgIpc) is 2.14. The summed E-state index contributed by atoms with van der Waals surface area (Å²) in [7, 11) is 1.56. The summed E-state index contributed by atoms with van der Waals surface area (Å²) >= 11 is 3.30. The molecule has 0 aliphatic carbocycles. The molecule has 0 amide bonds. The molecule has 0 aliphatic rings. The number of methoxy groups -OCH3 is 1. The number of hydrogen-bond donors (Lipinski definition) is 1. The van der Waals surface area contributed by atoms with Gasteiger partial charge in [-0.2, -0.15) is 0 Å². The van der Waals surface area contributed by atoms with Gasteiger partial charge in [0.15, 0.2) is 0 Å². The van der Waals surface area contributed by atoms with Crippen molar-refractivity contribution in [2.24, 2.45) is 0 Å². The van der Waals surface area contributed by atoms with Crippen molar-refractivity contribution in [1.29, 1.82) is 0 Å². The van der Waals surface area contributed by atoms with Crippen LogP contribution >= 0.6 is 15.9 Å². The molecule has 0 aromatic heterocycles. The Labute approximate surface area is 90.1 Å².